The number of rotatable bonds is 28. The molecule has 0 bridgehead atoms. The van der Waals surface area contributed by atoms with Gasteiger partial charge >= 0.3 is 6.18 Å². The average Bonchev–Trinajstić information content (AvgIpc) is 2.26. The van der Waals surface area contributed by atoms with Crippen LogP contribution in [-0.4, -0.2) is 143 Å². The number of hydrogen-bond donors (Lipinski definition) is 7. The summed E-state index contributed by atoms with van der Waals surface area (Å²) in [6, 6.07) is 15.3. The first-order valence-corrected chi connectivity index (χ1v) is 28.0. The molecule has 1 saturated heterocycles. The molecule has 4 aromatic carbocycles. The summed E-state index contributed by atoms with van der Waals surface area (Å²) in [6.07, 6.45) is -0.866. The fourth-order valence-electron chi connectivity index (χ4n) is 9.37. The number of alkyl halides is 3. The van der Waals surface area contributed by atoms with Gasteiger partial charge in [0.1, 0.15) is 17.5 Å². The molecule has 3 atom stereocenters. The Bertz CT molecular complexity index is 3520. The average molecular weight is 1260 g/mol. The van der Waals surface area contributed by atoms with Crippen molar-refractivity contribution in [1.82, 2.24) is 30.8 Å². The predicted octanol–water partition coefficient (Wildman–Crippen LogP) is 8.53. The molecule has 27 heteroatoms. The monoisotopic (exact) mass is 1250 g/mol. The molecule has 0 radical (unpaired) electrons. The van der Waals surface area contributed by atoms with Gasteiger partial charge in [0.25, 0.3) is 17.7 Å². The second-order valence-corrected chi connectivity index (χ2v) is 20.9. The molecule has 0 aliphatic carbocycles. The van der Waals surface area contributed by atoms with Crippen molar-refractivity contribution in [3.63, 3.8) is 0 Å². The molecule has 3 heterocycles. The van der Waals surface area contributed by atoms with Crippen LogP contribution in [0.2, 0.25) is 10.0 Å². The van der Waals surface area contributed by atoms with Crippen LogP contribution in [0.4, 0.5) is 37.7 Å². The lowest BCUT2D eigenvalue weighted by molar-refractivity contribution is -0.138. The third kappa shape index (κ3) is 18.5. The highest BCUT2D eigenvalue weighted by Gasteiger charge is 2.37. The molecule has 0 spiro atoms. The molecule has 464 valence electrons. The van der Waals surface area contributed by atoms with E-state index in [-0.39, 0.29) is 139 Å². The van der Waals surface area contributed by atoms with Crippen molar-refractivity contribution in [3.8, 4) is 22.3 Å². The van der Waals surface area contributed by atoms with E-state index >= 15 is 8.78 Å². The number of carbonyl (C=O) groups excluding carboxylic acids is 5. The molecule has 87 heavy (non-hydrogen) atoms. The molecule has 6 aromatic rings. The Morgan fingerprint density at radius 3 is 1.98 bits per heavy atom. The number of piperazine rings is 1. The maximum absolute atomic E-state index is 15.5. The zero-order valence-electron chi connectivity index (χ0n) is 47.3. The van der Waals surface area contributed by atoms with E-state index in [0.29, 0.717) is 36.6 Å². The minimum atomic E-state index is -5.02. The summed E-state index contributed by atoms with van der Waals surface area (Å²) in [5.74, 6) is -5.92. The highest BCUT2D eigenvalue weighted by Crippen LogP contribution is 2.38. The van der Waals surface area contributed by atoms with Crippen molar-refractivity contribution < 1.29 is 69.3 Å². The summed E-state index contributed by atoms with van der Waals surface area (Å²) in [5, 5.41) is 10.5. The van der Waals surface area contributed by atoms with Crippen molar-refractivity contribution in [1.29, 1.82) is 0 Å². The zero-order valence-corrected chi connectivity index (χ0v) is 48.8. The number of primary amides is 1. The fourth-order valence-corrected chi connectivity index (χ4v) is 9.72. The Morgan fingerprint density at radius 2 is 1.34 bits per heavy atom. The molecule has 1 aliphatic heterocycles. The molecule has 1 aliphatic rings. The maximum Gasteiger partial charge on any atom is 0.417 e. The van der Waals surface area contributed by atoms with Gasteiger partial charge in [0.15, 0.2) is 0 Å². The van der Waals surface area contributed by atoms with E-state index in [4.69, 9.17) is 47.9 Å². The first kappa shape index (κ1) is 66.5. The molecular formula is C60H63Cl2F6N9O10. The number of ether oxygens (including phenoxy) is 4. The lowest BCUT2D eigenvalue weighted by atomic mass is 9.98. The summed E-state index contributed by atoms with van der Waals surface area (Å²) in [7, 11) is 1.97. The number of anilines is 2. The maximum atomic E-state index is 15.5. The Hall–Kier alpha value is -8.04. The van der Waals surface area contributed by atoms with Crippen LogP contribution in [0.5, 0.6) is 0 Å². The molecule has 0 saturated carbocycles. The van der Waals surface area contributed by atoms with E-state index in [1.807, 2.05) is 25.8 Å². The zero-order chi connectivity index (χ0) is 63.0. The third-order valence-corrected chi connectivity index (χ3v) is 14.5. The first-order valence-electron chi connectivity index (χ1n) is 27.3. The molecule has 2 aromatic heterocycles. The van der Waals surface area contributed by atoms with Crippen LogP contribution in [0.1, 0.15) is 74.2 Å². The number of aromatic amines is 2. The van der Waals surface area contributed by atoms with Gasteiger partial charge in [-0.15, -0.1) is 0 Å². The van der Waals surface area contributed by atoms with Gasteiger partial charge in [-0.05, 0) is 98.8 Å². The summed E-state index contributed by atoms with van der Waals surface area (Å²) in [6.45, 7) is 6.85. The van der Waals surface area contributed by atoms with E-state index in [9.17, 15) is 46.3 Å². The second-order valence-electron chi connectivity index (χ2n) is 20.1. The first-order chi connectivity index (χ1) is 41.5. The number of likely N-dealkylation sites (N-methyl/N-ethyl adjacent to an activating group) is 1. The normalized spacial score (nSPS) is 14.9. The van der Waals surface area contributed by atoms with Crippen LogP contribution >= 0.6 is 23.2 Å². The number of carbonyl (C=O) groups is 5. The number of aromatic nitrogens is 2. The largest absolute Gasteiger partial charge is 0.417 e. The van der Waals surface area contributed by atoms with Gasteiger partial charge < -0.3 is 60.8 Å². The van der Waals surface area contributed by atoms with Crippen LogP contribution in [0, 0.1) is 17.5 Å². The predicted molar refractivity (Wildman–Crippen MR) is 315 cm³/mol. The van der Waals surface area contributed by atoms with Gasteiger partial charge in [0.2, 0.25) is 17.4 Å². The lowest BCUT2D eigenvalue weighted by Crippen LogP contribution is -2.55. The van der Waals surface area contributed by atoms with Gasteiger partial charge in [0, 0.05) is 95.8 Å². The molecular weight excluding hydrogens is 1190 g/mol. The third-order valence-electron chi connectivity index (χ3n) is 14.0. The second kappa shape index (κ2) is 31.0. The molecule has 19 nitrogen and oxygen atoms in total. The summed E-state index contributed by atoms with van der Waals surface area (Å²) < 4.78 is 109. The van der Waals surface area contributed by atoms with Gasteiger partial charge in [0.05, 0.1) is 98.4 Å². The number of nitrogens with one attached hydrogen (secondary N) is 6. The van der Waals surface area contributed by atoms with E-state index < -0.39 is 75.9 Å². The minimum absolute atomic E-state index is 0.0133. The molecule has 5 amide bonds. The summed E-state index contributed by atoms with van der Waals surface area (Å²) in [4.78, 5) is 86.2. The van der Waals surface area contributed by atoms with Crippen LogP contribution in [0.3, 0.4) is 0 Å². The standard InChI is InChI=1S/C60H63Cl2F6N9O10/c1-34-32-77(33-35(2)76(34)3)52-12-6-36(26-51(52)75-58(82)42-30-73-55(80)28-44(42)60(66,67)68)41-24-38(5-9-46(41)63)57(81)71-15-17-85-19-21-87-23-22-86-20-18-84-16-14-70-54(79)13-11-49-56(40-8-7-39(61)27-48(40)65)43(31-72-49)59(83)74-50(29-53(69)78)37-4-10-47(64)45(62)25-37/h4-13,24-28,30-31,34-35,50,72H,14-23,29,32-33H2,1-3H3,(H2,69,78)(H,70,79)(H,71,81)(H,73,80)(H,74,83)(H,75,82)/b13-11+/t34-,35+,50-/m0/s1. The van der Waals surface area contributed by atoms with Crippen molar-refractivity contribution in [2.45, 2.75) is 44.6 Å². The van der Waals surface area contributed by atoms with E-state index in [1.165, 1.54) is 60.8 Å². The number of hydrogen-bond acceptors (Lipinski definition) is 12. The smallest absolute Gasteiger partial charge is 0.377 e. The van der Waals surface area contributed by atoms with Gasteiger partial charge in [-0.3, -0.25) is 33.7 Å². The molecule has 7 rings (SSSR count). The highest BCUT2D eigenvalue weighted by molar-refractivity contribution is 6.31. The van der Waals surface area contributed by atoms with Crippen LogP contribution in [-0.2, 0) is 34.7 Å². The topological polar surface area (TPSA) is 252 Å². The number of benzene rings is 4. The molecule has 0 unspecified atom stereocenters. The Balaban J connectivity index is 0.801. The van der Waals surface area contributed by atoms with Gasteiger partial charge in [-0.1, -0.05) is 35.3 Å². The molecule has 8 N–H and O–H groups in total. The van der Waals surface area contributed by atoms with E-state index in [2.05, 4.69) is 36.1 Å². The van der Waals surface area contributed by atoms with Crippen molar-refractivity contribution in [3.05, 3.63) is 169 Å². The SMILES string of the molecule is C[C@@H]1CN(c2ccc(-c3cc(C(=O)NCCOCCOCCOCCOCCNC(=O)/C=C/c4[nH]cc(C(=O)N[C@@H](CC(N)=O)c5ccc(F)c(Cl)c5)c4-c4ccc(Cl)cc4F)ccc3F)cc2NC(=O)c2c[nH]c(=O)cc2C(F)(F)F)C[C@H](C)N1C. The Labute approximate surface area is 505 Å². The number of amides is 5. The van der Waals surface area contributed by atoms with E-state index in [1.54, 1.807) is 12.1 Å². The van der Waals surface area contributed by atoms with E-state index in [0.717, 1.165) is 18.2 Å². The number of pyridine rings is 1. The lowest BCUT2D eigenvalue weighted by Gasteiger charge is -2.44. The van der Waals surface area contributed by atoms with Crippen LogP contribution in [0.15, 0.2) is 102 Å². The number of halogens is 8. The Morgan fingerprint density at radius 1 is 0.713 bits per heavy atom. The van der Waals surface area contributed by atoms with Crippen molar-refractivity contribution in [2.75, 3.05) is 96.3 Å². The van der Waals surface area contributed by atoms with Crippen molar-refractivity contribution >= 4 is 70.2 Å². The van der Waals surface area contributed by atoms with Crippen LogP contribution in [0.25, 0.3) is 28.3 Å². The summed E-state index contributed by atoms with van der Waals surface area (Å²) in [5.41, 5.74) is 3.50. The number of nitrogens with zero attached hydrogens (tertiary/aromatic N) is 2. The van der Waals surface area contributed by atoms with Gasteiger partial charge in [-0.2, -0.15) is 13.2 Å². The van der Waals surface area contributed by atoms with Gasteiger partial charge in [-0.25, -0.2) is 13.2 Å². The summed E-state index contributed by atoms with van der Waals surface area (Å²) >= 11 is 12.0. The molecule has 1 fully saturated rings. The minimum Gasteiger partial charge on any atom is -0.377 e. The number of nitrogens with two attached hydrogens (primary N) is 1. The highest BCUT2D eigenvalue weighted by atomic mass is 35.5. The number of H-pyrrole nitrogens is 2. The Kier molecular flexibility index (Phi) is 23.7. The quantitative estimate of drug-likeness (QED) is 0.0139. The van der Waals surface area contributed by atoms with Crippen LogP contribution < -0.4 is 37.5 Å². The van der Waals surface area contributed by atoms with Crippen molar-refractivity contribution in [2.24, 2.45) is 5.73 Å². The fraction of sp³-hybridized carbons (Fsp3) is 0.333.